The summed E-state index contributed by atoms with van der Waals surface area (Å²) in [5.74, 6) is 1.30. The molecule has 1 aliphatic rings. The number of rotatable bonds is 11. The maximum absolute atomic E-state index is 11.9. The van der Waals surface area contributed by atoms with E-state index in [2.05, 4.69) is 39.7 Å². The molecule has 7 heteroatoms. The van der Waals surface area contributed by atoms with Crippen molar-refractivity contribution < 1.29 is 9.53 Å². The Morgan fingerprint density at radius 2 is 1.96 bits per heavy atom. The summed E-state index contributed by atoms with van der Waals surface area (Å²) < 4.78 is 5.35. The summed E-state index contributed by atoms with van der Waals surface area (Å²) in [4.78, 5) is 20.2. The van der Waals surface area contributed by atoms with Crippen LogP contribution in [0.3, 0.4) is 0 Å². The minimum absolute atomic E-state index is 0.0142. The molecule has 1 aliphatic carbocycles. The van der Waals surface area contributed by atoms with Gasteiger partial charge in [0.25, 0.3) is 0 Å². The van der Waals surface area contributed by atoms with Crippen LogP contribution < -0.4 is 15.5 Å². The second kappa shape index (κ2) is 11.5. The van der Waals surface area contributed by atoms with E-state index in [1.165, 1.54) is 18.5 Å². The Morgan fingerprint density at radius 1 is 1.25 bits per heavy atom. The quantitative estimate of drug-likeness (QED) is 0.342. The molecule has 2 rings (SSSR count). The van der Waals surface area contributed by atoms with Crippen molar-refractivity contribution in [3.63, 3.8) is 0 Å². The molecular weight excluding hydrogens is 354 g/mol. The Balaban J connectivity index is 1.85. The van der Waals surface area contributed by atoms with Gasteiger partial charge in [0.1, 0.15) is 6.54 Å². The van der Waals surface area contributed by atoms with Crippen molar-refractivity contribution >= 4 is 17.6 Å². The summed E-state index contributed by atoms with van der Waals surface area (Å²) in [6.07, 6.45) is 3.39. The van der Waals surface area contributed by atoms with Crippen molar-refractivity contribution in [2.75, 3.05) is 59.4 Å². The SMILES string of the molecule is COCC(NC(=NCC(=O)N(C)C)NCCCN(C)c1ccccc1)C1CC1. The molecule has 0 bridgehead atoms. The first-order valence-electron chi connectivity index (χ1n) is 10.0. The van der Waals surface area contributed by atoms with Crippen LogP contribution in [0.2, 0.25) is 0 Å². The molecule has 1 aromatic carbocycles. The van der Waals surface area contributed by atoms with Gasteiger partial charge in [-0.25, -0.2) is 4.99 Å². The molecule has 2 N–H and O–H groups in total. The molecule has 1 aromatic rings. The van der Waals surface area contributed by atoms with Crippen molar-refractivity contribution in [2.45, 2.75) is 25.3 Å². The van der Waals surface area contributed by atoms with Gasteiger partial charge in [0.15, 0.2) is 5.96 Å². The smallest absolute Gasteiger partial charge is 0.243 e. The van der Waals surface area contributed by atoms with Gasteiger partial charge in [-0.05, 0) is 37.3 Å². The molecule has 0 saturated heterocycles. The van der Waals surface area contributed by atoms with Crippen molar-refractivity contribution in [3.05, 3.63) is 30.3 Å². The third kappa shape index (κ3) is 7.76. The van der Waals surface area contributed by atoms with E-state index in [0.29, 0.717) is 18.5 Å². The monoisotopic (exact) mass is 389 g/mol. The van der Waals surface area contributed by atoms with E-state index in [1.807, 2.05) is 18.2 Å². The van der Waals surface area contributed by atoms with E-state index in [4.69, 9.17) is 4.74 Å². The maximum atomic E-state index is 11.9. The number of benzene rings is 1. The highest BCUT2D eigenvalue weighted by atomic mass is 16.5. The first-order valence-corrected chi connectivity index (χ1v) is 10.0. The van der Waals surface area contributed by atoms with E-state index in [1.54, 1.807) is 26.1 Å². The number of guanidine groups is 1. The largest absolute Gasteiger partial charge is 0.383 e. The number of para-hydroxylation sites is 1. The van der Waals surface area contributed by atoms with Crippen LogP contribution in [0.4, 0.5) is 5.69 Å². The molecule has 28 heavy (non-hydrogen) atoms. The average Bonchev–Trinajstić information content (AvgIpc) is 3.53. The van der Waals surface area contributed by atoms with Crippen LogP contribution >= 0.6 is 0 Å². The molecule has 1 unspecified atom stereocenters. The minimum atomic E-state index is -0.0142. The molecular formula is C21H35N5O2. The van der Waals surface area contributed by atoms with E-state index in [0.717, 1.165) is 19.5 Å². The number of hydrogen-bond donors (Lipinski definition) is 2. The Labute approximate surface area is 169 Å². The summed E-state index contributed by atoms with van der Waals surface area (Å²) in [5, 5.41) is 6.84. The molecule has 0 aromatic heterocycles. The number of amides is 1. The molecule has 0 heterocycles. The molecule has 7 nitrogen and oxygen atoms in total. The number of likely N-dealkylation sites (N-methyl/N-ethyl adjacent to an activating group) is 1. The van der Waals surface area contributed by atoms with Gasteiger partial charge in [0.05, 0.1) is 12.6 Å². The van der Waals surface area contributed by atoms with Gasteiger partial charge in [0.2, 0.25) is 5.91 Å². The standard InChI is InChI=1S/C21H35N5O2/c1-25(2)20(27)15-23-21(24-19(16-28-4)17-11-12-17)22-13-8-14-26(3)18-9-6-5-7-10-18/h5-7,9-10,17,19H,8,11-16H2,1-4H3,(H2,22,23,24). The van der Waals surface area contributed by atoms with Gasteiger partial charge < -0.3 is 25.2 Å². The lowest BCUT2D eigenvalue weighted by atomic mass is 10.2. The van der Waals surface area contributed by atoms with Crippen LogP contribution in [0, 0.1) is 5.92 Å². The summed E-state index contributed by atoms with van der Waals surface area (Å²) >= 11 is 0. The normalized spacial score (nSPS) is 15.1. The highest BCUT2D eigenvalue weighted by Crippen LogP contribution is 2.32. The molecule has 1 amide bonds. The van der Waals surface area contributed by atoms with E-state index in [9.17, 15) is 4.79 Å². The first kappa shape index (κ1) is 22.0. The lowest BCUT2D eigenvalue weighted by Gasteiger charge is -2.22. The Bertz CT molecular complexity index is 616. The predicted molar refractivity (Wildman–Crippen MR) is 115 cm³/mol. The predicted octanol–water partition coefficient (Wildman–Crippen LogP) is 1.56. The molecule has 156 valence electrons. The van der Waals surface area contributed by atoms with Crippen molar-refractivity contribution in [3.8, 4) is 0 Å². The van der Waals surface area contributed by atoms with Crippen LogP contribution in [-0.4, -0.2) is 77.3 Å². The number of anilines is 1. The molecule has 0 radical (unpaired) electrons. The minimum Gasteiger partial charge on any atom is -0.383 e. The Kier molecular flexibility index (Phi) is 9.07. The Hall–Kier alpha value is -2.28. The van der Waals surface area contributed by atoms with Crippen LogP contribution in [0.25, 0.3) is 0 Å². The number of aliphatic imine (C=N–C) groups is 1. The number of carbonyl (C=O) groups excluding carboxylic acids is 1. The van der Waals surface area contributed by atoms with E-state index >= 15 is 0 Å². The van der Waals surface area contributed by atoms with Gasteiger partial charge >= 0.3 is 0 Å². The fourth-order valence-corrected chi connectivity index (χ4v) is 2.92. The highest BCUT2D eigenvalue weighted by Gasteiger charge is 2.31. The number of nitrogens with zero attached hydrogens (tertiary/aromatic N) is 3. The molecule has 1 fully saturated rings. The van der Waals surface area contributed by atoms with Gasteiger partial charge in [-0.3, -0.25) is 4.79 Å². The van der Waals surface area contributed by atoms with Crippen molar-refractivity contribution in [2.24, 2.45) is 10.9 Å². The fourth-order valence-electron chi connectivity index (χ4n) is 2.92. The molecule has 0 aliphatic heterocycles. The highest BCUT2D eigenvalue weighted by molar-refractivity contribution is 5.85. The van der Waals surface area contributed by atoms with Gasteiger partial charge in [-0.2, -0.15) is 0 Å². The summed E-state index contributed by atoms with van der Waals surface area (Å²) in [5.41, 5.74) is 1.21. The number of carbonyl (C=O) groups is 1. The fraction of sp³-hybridized carbons (Fsp3) is 0.619. The van der Waals surface area contributed by atoms with Crippen molar-refractivity contribution in [1.82, 2.24) is 15.5 Å². The zero-order chi connectivity index (χ0) is 20.4. The number of nitrogens with one attached hydrogen (secondary N) is 2. The lowest BCUT2D eigenvalue weighted by Crippen LogP contribution is -2.47. The second-order valence-corrected chi connectivity index (χ2v) is 7.53. The molecule has 0 spiro atoms. The van der Waals surface area contributed by atoms with Crippen LogP contribution in [0.5, 0.6) is 0 Å². The van der Waals surface area contributed by atoms with Crippen molar-refractivity contribution in [1.29, 1.82) is 0 Å². The average molecular weight is 390 g/mol. The van der Waals surface area contributed by atoms with Gasteiger partial charge in [0, 0.05) is 47.0 Å². The third-order valence-electron chi connectivity index (χ3n) is 4.89. The van der Waals surface area contributed by atoms with E-state index < -0.39 is 0 Å². The van der Waals surface area contributed by atoms with Crippen LogP contribution in [0.15, 0.2) is 35.3 Å². The summed E-state index contributed by atoms with van der Waals surface area (Å²) in [7, 11) is 7.31. The number of hydrogen-bond acceptors (Lipinski definition) is 4. The van der Waals surface area contributed by atoms with Crippen LogP contribution in [-0.2, 0) is 9.53 Å². The van der Waals surface area contributed by atoms with E-state index in [-0.39, 0.29) is 18.5 Å². The zero-order valence-electron chi connectivity index (χ0n) is 17.6. The number of ether oxygens (including phenoxy) is 1. The summed E-state index contributed by atoms with van der Waals surface area (Å²) in [6, 6.07) is 10.6. The molecule has 1 atom stereocenters. The second-order valence-electron chi connectivity index (χ2n) is 7.53. The lowest BCUT2D eigenvalue weighted by molar-refractivity contribution is -0.127. The van der Waals surface area contributed by atoms with Crippen LogP contribution in [0.1, 0.15) is 19.3 Å². The topological polar surface area (TPSA) is 69.2 Å². The number of methoxy groups -OCH3 is 1. The first-order chi connectivity index (χ1) is 13.5. The van der Waals surface area contributed by atoms with Gasteiger partial charge in [-0.1, -0.05) is 18.2 Å². The summed E-state index contributed by atoms with van der Waals surface area (Å²) in [6.45, 7) is 2.49. The Morgan fingerprint density at radius 3 is 2.57 bits per heavy atom. The maximum Gasteiger partial charge on any atom is 0.243 e. The zero-order valence-corrected chi connectivity index (χ0v) is 17.6. The third-order valence-corrected chi connectivity index (χ3v) is 4.89. The molecule has 1 saturated carbocycles. The van der Waals surface area contributed by atoms with Gasteiger partial charge in [-0.15, -0.1) is 0 Å².